The van der Waals surface area contributed by atoms with Crippen LogP contribution in [0.3, 0.4) is 0 Å². The fourth-order valence-electron chi connectivity index (χ4n) is 1.91. The lowest BCUT2D eigenvalue weighted by atomic mass is 9.98. The summed E-state index contributed by atoms with van der Waals surface area (Å²) >= 11 is 1.69. The van der Waals surface area contributed by atoms with E-state index in [1.54, 1.807) is 11.3 Å². The van der Waals surface area contributed by atoms with Crippen LogP contribution in [0.15, 0.2) is 6.20 Å². The molecule has 1 aromatic rings. The molecule has 0 spiro atoms. The van der Waals surface area contributed by atoms with Gasteiger partial charge in [0, 0.05) is 17.8 Å². The number of hydrogen-bond donors (Lipinski definition) is 1. The van der Waals surface area contributed by atoms with Crippen LogP contribution in [0.1, 0.15) is 35.6 Å². The van der Waals surface area contributed by atoms with Crippen LogP contribution in [0.4, 0.5) is 0 Å². The normalized spacial score (nSPS) is 19.3. The minimum Gasteiger partial charge on any atom is -0.306 e. The molecule has 0 saturated carbocycles. The predicted molar refractivity (Wildman–Crippen MR) is 64.1 cm³/mol. The summed E-state index contributed by atoms with van der Waals surface area (Å²) in [4.78, 5) is 7.83. The first-order valence-corrected chi connectivity index (χ1v) is 6.18. The molecule has 1 aromatic heterocycles. The fraction of sp³-hybridized carbons (Fsp3) is 0.636. The molecular formula is C11H17N3S. The van der Waals surface area contributed by atoms with Crippen LogP contribution in [0, 0.1) is 5.41 Å². The van der Waals surface area contributed by atoms with Crippen molar-refractivity contribution in [1.29, 1.82) is 5.41 Å². The van der Waals surface area contributed by atoms with Gasteiger partial charge in [0.1, 0.15) is 0 Å². The molecular weight excluding hydrogens is 206 g/mol. The van der Waals surface area contributed by atoms with Crippen molar-refractivity contribution in [3.05, 3.63) is 16.1 Å². The minimum absolute atomic E-state index is 0.624. The Kier molecular flexibility index (Phi) is 3.17. The molecule has 3 nitrogen and oxygen atoms in total. The third kappa shape index (κ3) is 2.44. The van der Waals surface area contributed by atoms with E-state index in [9.17, 15) is 0 Å². The SMILES string of the molecule is CC(=N)c1cnc(C2CCN(C)CC2)s1. The van der Waals surface area contributed by atoms with Crippen molar-refractivity contribution in [3.8, 4) is 0 Å². The number of thiazole rings is 1. The molecule has 15 heavy (non-hydrogen) atoms. The summed E-state index contributed by atoms with van der Waals surface area (Å²) < 4.78 is 0. The second-order valence-electron chi connectivity index (χ2n) is 4.27. The Bertz CT molecular complexity index is 350. The molecule has 0 bridgehead atoms. The molecule has 0 amide bonds. The molecule has 0 atom stereocenters. The van der Waals surface area contributed by atoms with Gasteiger partial charge in [0.15, 0.2) is 0 Å². The number of nitrogens with one attached hydrogen (secondary N) is 1. The maximum absolute atomic E-state index is 7.56. The fourth-order valence-corrected chi connectivity index (χ4v) is 2.90. The van der Waals surface area contributed by atoms with Gasteiger partial charge in [0.05, 0.1) is 9.88 Å². The van der Waals surface area contributed by atoms with Crippen LogP contribution >= 0.6 is 11.3 Å². The first kappa shape index (κ1) is 10.8. The van der Waals surface area contributed by atoms with E-state index in [0.29, 0.717) is 11.6 Å². The number of aromatic nitrogens is 1. The van der Waals surface area contributed by atoms with Crippen LogP contribution in [0.5, 0.6) is 0 Å². The van der Waals surface area contributed by atoms with Crippen molar-refractivity contribution in [2.75, 3.05) is 20.1 Å². The van der Waals surface area contributed by atoms with Gasteiger partial charge in [0.2, 0.25) is 0 Å². The van der Waals surface area contributed by atoms with E-state index < -0.39 is 0 Å². The molecule has 1 aliphatic heterocycles. The van der Waals surface area contributed by atoms with Crippen molar-refractivity contribution < 1.29 is 0 Å². The molecule has 0 unspecified atom stereocenters. The number of rotatable bonds is 2. The Morgan fingerprint density at radius 1 is 1.53 bits per heavy atom. The van der Waals surface area contributed by atoms with E-state index in [1.165, 1.54) is 30.9 Å². The maximum atomic E-state index is 7.56. The largest absolute Gasteiger partial charge is 0.306 e. The highest BCUT2D eigenvalue weighted by Crippen LogP contribution is 2.30. The standard InChI is InChI=1S/C11H17N3S/c1-8(12)10-7-13-11(15-10)9-3-5-14(2)6-4-9/h7,9,12H,3-6H2,1-2H3. The molecule has 0 aromatic carbocycles. The Labute approximate surface area is 94.7 Å². The smallest absolute Gasteiger partial charge is 0.0963 e. The average molecular weight is 223 g/mol. The Hall–Kier alpha value is -0.740. The third-order valence-corrected chi connectivity index (χ3v) is 4.24. The van der Waals surface area contributed by atoms with Crippen LogP contribution in [-0.4, -0.2) is 35.7 Å². The van der Waals surface area contributed by atoms with E-state index in [4.69, 9.17) is 5.41 Å². The highest BCUT2D eigenvalue weighted by molar-refractivity contribution is 7.13. The van der Waals surface area contributed by atoms with Crippen molar-refractivity contribution in [3.63, 3.8) is 0 Å². The zero-order valence-electron chi connectivity index (χ0n) is 9.29. The lowest BCUT2D eigenvalue weighted by Gasteiger charge is -2.27. The molecule has 2 heterocycles. The third-order valence-electron chi connectivity index (χ3n) is 2.96. The summed E-state index contributed by atoms with van der Waals surface area (Å²) in [5.41, 5.74) is 0.631. The van der Waals surface area contributed by atoms with Crippen LogP contribution < -0.4 is 0 Å². The number of nitrogens with zero attached hydrogens (tertiary/aromatic N) is 2. The first-order valence-electron chi connectivity index (χ1n) is 5.36. The van der Waals surface area contributed by atoms with Gasteiger partial charge in [-0.3, -0.25) is 0 Å². The lowest BCUT2D eigenvalue weighted by molar-refractivity contribution is 0.255. The monoisotopic (exact) mass is 223 g/mol. The van der Waals surface area contributed by atoms with Gasteiger partial charge in [-0.1, -0.05) is 0 Å². The lowest BCUT2D eigenvalue weighted by Crippen LogP contribution is -2.29. The van der Waals surface area contributed by atoms with Gasteiger partial charge < -0.3 is 10.3 Å². The summed E-state index contributed by atoms with van der Waals surface area (Å²) in [7, 11) is 2.17. The summed E-state index contributed by atoms with van der Waals surface area (Å²) in [5.74, 6) is 0.624. The predicted octanol–water partition coefficient (Wildman–Crippen LogP) is 2.34. The van der Waals surface area contributed by atoms with Gasteiger partial charge in [-0.15, -0.1) is 11.3 Å². The van der Waals surface area contributed by atoms with Gasteiger partial charge >= 0.3 is 0 Å². The Morgan fingerprint density at radius 2 is 2.20 bits per heavy atom. The van der Waals surface area contributed by atoms with Crippen LogP contribution in [0.2, 0.25) is 0 Å². The van der Waals surface area contributed by atoms with E-state index >= 15 is 0 Å². The number of likely N-dealkylation sites (tertiary alicyclic amines) is 1. The van der Waals surface area contributed by atoms with Gasteiger partial charge in [-0.05, 0) is 39.9 Å². The van der Waals surface area contributed by atoms with Gasteiger partial charge in [0.25, 0.3) is 0 Å². The van der Waals surface area contributed by atoms with E-state index in [-0.39, 0.29) is 0 Å². The molecule has 0 radical (unpaired) electrons. The second kappa shape index (κ2) is 4.41. The highest BCUT2D eigenvalue weighted by Gasteiger charge is 2.21. The zero-order valence-corrected chi connectivity index (χ0v) is 10.1. The quantitative estimate of drug-likeness (QED) is 0.782. The first-order chi connectivity index (χ1) is 7.16. The Balaban J connectivity index is 2.06. The topological polar surface area (TPSA) is 40.0 Å². The summed E-state index contributed by atoms with van der Waals surface area (Å²) in [6.45, 7) is 4.16. The molecule has 82 valence electrons. The van der Waals surface area contributed by atoms with Gasteiger partial charge in [-0.2, -0.15) is 0 Å². The average Bonchev–Trinajstić information content (AvgIpc) is 2.68. The van der Waals surface area contributed by atoms with E-state index in [2.05, 4.69) is 16.9 Å². The molecule has 1 aliphatic rings. The van der Waals surface area contributed by atoms with Crippen molar-refractivity contribution >= 4 is 17.0 Å². The minimum atomic E-state index is 0.624. The highest BCUT2D eigenvalue weighted by atomic mass is 32.1. The van der Waals surface area contributed by atoms with Crippen LogP contribution in [0.25, 0.3) is 0 Å². The summed E-state index contributed by atoms with van der Waals surface area (Å²) in [6, 6.07) is 0. The molecule has 4 heteroatoms. The van der Waals surface area contributed by atoms with Gasteiger partial charge in [-0.25, -0.2) is 4.98 Å². The molecule has 0 aliphatic carbocycles. The summed E-state index contributed by atoms with van der Waals surface area (Å²) in [6.07, 6.45) is 4.27. The maximum Gasteiger partial charge on any atom is 0.0963 e. The summed E-state index contributed by atoms with van der Waals surface area (Å²) in [5, 5.41) is 8.78. The van der Waals surface area contributed by atoms with E-state index in [0.717, 1.165) is 4.88 Å². The molecule has 2 rings (SSSR count). The second-order valence-corrected chi connectivity index (χ2v) is 5.33. The van der Waals surface area contributed by atoms with Crippen molar-refractivity contribution in [1.82, 2.24) is 9.88 Å². The van der Waals surface area contributed by atoms with E-state index in [1.807, 2.05) is 13.1 Å². The molecule has 1 saturated heterocycles. The van der Waals surface area contributed by atoms with Crippen LogP contribution in [-0.2, 0) is 0 Å². The number of piperidine rings is 1. The van der Waals surface area contributed by atoms with Crippen molar-refractivity contribution in [2.24, 2.45) is 0 Å². The number of hydrogen-bond acceptors (Lipinski definition) is 4. The zero-order chi connectivity index (χ0) is 10.8. The Morgan fingerprint density at radius 3 is 2.73 bits per heavy atom. The molecule has 1 N–H and O–H groups in total. The van der Waals surface area contributed by atoms with Crippen molar-refractivity contribution in [2.45, 2.75) is 25.7 Å². The molecule has 1 fully saturated rings.